The third-order valence-electron chi connectivity index (χ3n) is 3.80. The molecule has 0 heterocycles. The highest BCUT2D eigenvalue weighted by Gasteiger charge is 2.14. The summed E-state index contributed by atoms with van der Waals surface area (Å²) in [5.41, 5.74) is 0.993. The van der Waals surface area contributed by atoms with E-state index in [4.69, 9.17) is 0 Å². The van der Waals surface area contributed by atoms with Crippen LogP contribution in [0.3, 0.4) is 0 Å². The summed E-state index contributed by atoms with van der Waals surface area (Å²) in [5.74, 6) is 0.668. The van der Waals surface area contributed by atoms with Crippen LogP contribution in [0.4, 0.5) is 0 Å². The molecule has 0 fully saturated rings. The van der Waals surface area contributed by atoms with Crippen molar-refractivity contribution in [1.82, 2.24) is 10.0 Å². The molecule has 0 radical (unpaired) electrons. The smallest absolute Gasteiger partial charge is 0.240 e. The molecule has 20 heavy (non-hydrogen) atoms. The minimum absolute atomic E-state index is 0.141. The number of sulfonamides is 1. The summed E-state index contributed by atoms with van der Waals surface area (Å²) in [5, 5.41) is 3.48. The molecule has 1 aromatic rings. The van der Waals surface area contributed by atoms with E-state index in [1.807, 2.05) is 6.07 Å². The monoisotopic (exact) mass is 298 g/mol. The number of rotatable bonds is 8. The van der Waals surface area contributed by atoms with Crippen LogP contribution < -0.4 is 10.0 Å². The summed E-state index contributed by atoms with van der Waals surface area (Å²) in [7, 11) is -1.95. The molecule has 0 saturated heterocycles. The topological polar surface area (TPSA) is 58.2 Å². The summed E-state index contributed by atoms with van der Waals surface area (Å²) < 4.78 is 26.0. The van der Waals surface area contributed by atoms with Crippen LogP contribution in [0.15, 0.2) is 29.2 Å². The molecule has 0 bridgehead atoms. The molecule has 1 aromatic carbocycles. The molecular weight excluding hydrogens is 272 g/mol. The van der Waals surface area contributed by atoms with Crippen LogP contribution in [0.5, 0.6) is 0 Å². The maximum atomic E-state index is 11.8. The van der Waals surface area contributed by atoms with Crippen molar-refractivity contribution in [1.29, 1.82) is 0 Å². The quantitative estimate of drug-likeness (QED) is 0.776. The summed E-state index contributed by atoms with van der Waals surface area (Å²) in [6.45, 7) is 7.41. The molecule has 0 aliphatic carbocycles. The zero-order chi connectivity index (χ0) is 15.2. The van der Waals surface area contributed by atoms with E-state index in [-0.39, 0.29) is 6.04 Å². The predicted molar refractivity (Wildman–Crippen MR) is 83.2 cm³/mol. The van der Waals surface area contributed by atoms with Gasteiger partial charge >= 0.3 is 0 Å². The number of benzene rings is 1. The van der Waals surface area contributed by atoms with Gasteiger partial charge in [0.25, 0.3) is 0 Å². The Labute approximate surface area is 123 Å². The fourth-order valence-corrected chi connectivity index (χ4v) is 2.89. The van der Waals surface area contributed by atoms with Gasteiger partial charge in [0.05, 0.1) is 4.90 Å². The predicted octanol–water partition coefficient (Wildman–Crippen LogP) is 2.68. The molecule has 1 rings (SSSR count). The maximum absolute atomic E-state index is 11.8. The van der Waals surface area contributed by atoms with Crippen LogP contribution in [-0.4, -0.2) is 22.0 Å². The van der Waals surface area contributed by atoms with Crippen LogP contribution in [0.1, 0.15) is 45.2 Å². The molecule has 0 spiro atoms. The zero-order valence-corrected chi connectivity index (χ0v) is 13.6. The summed E-state index contributed by atoms with van der Waals surface area (Å²) in [6, 6.07) is 7.23. The van der Waals surface area contributed by atoms with Gasteiger partial charge in [0.2, 0.25) is 10.0 Å². The zero-order valence-electron chi connectivity index (χ0n) is 12.8. The molecule has 0 aliphatic rings. The second kappa shape index (κ2) is 7.76. The summed E-state index contributed by atoms with van der Waals surface area (Å²) in [6.07, 6.45) is 2.31. The Bertz CT molecular complexity index is 510. The van der Waals surface area contributed by atoms with Gasteiger partial charge < -0.3 is 5.32 Å². The van der Waals surface area contributed by atoms with Gasteiger partial charge in [-0.2, -0.15) is 0 Å². The summed E-state index contributed by atoms with van der Waals surface area (Å²) >= 11 is 0. The molecule has 0 amide bonds. The van der Waals surface area contributed by atoms with E-state index < -0.39 is 10.0 Å². The van der Waals surface area contributed by atoms with Gasteiger partial charge in [0.1, 0.15) is 0 Å². The fourth-order valence-electron chi connectivity index (χ4n) is 2.11. The Morgan fingerprint density at radius 2 is 1.85 bits per heavy atom. The van der Waals surface area contributed by atoms with Gasteiger partial charge in [-0.05, 0) is 44.1 Å². The van der Waals surface area contributed by atoms with E-state index in [1.54, 1.807) is 18.2 Å². The molecule has 5 heteroatoms. The molecular formula is C15H26N2O2S. The molecule has 1 atom stereocenters. The first-order chi connectivity index (χ1) is 9.44. The van der Waals surface area contributed by atoms with Crippen molar-refractivity contribution in [2.75, 3.05) is 13.6 Å². The second-order valence-electron chi connectivity index (χ2n) is 5.09. The van der Waals surface area contributed by atoms with Crippen LogP contribution in [-0.2, 0) is 10.0 Å². The van der Waals surface area contributed by atoms with Gasteiger partial charge in [-0.25, -0.2) is 13.1 Å². The minimum atomic E-state index is -3.37. The highest BCUT2D eigenvalue weighted by molar-refractivity contribution is 7.89. The Hall–Kier alpha value is -0.910. The van der Waals surface area contributed by atoms with Crippen LogP contribution in [0.25, 0.3) is 0 Å². The number of nitrogens with one attached hydrogen (secondary N) is 2. The van der Waals surface area contributed by atoms with Crippen molar-refractivity contribution in [3.63, 3.8) is 0 Å². The average Bonchev–Trinajstić information content (AvgIpc) is 2.48. The maximum Gasteiger partial charge on any atom is 0.240 e. The lowest BCUT2D eigenvalue weighted by atomic mass is 10.0. The lowest BCUT2D eigenvalue weighted by Gasteiger charge is -2.19. The van der Waals surface area contributed by atoms with Gasteiger partial charge in [-0.15, -0.1) is 0 Å². The van der Waals surface area contributed by atoms with Crippen molar-refractivity contribution in [3.05, 3.63) is 29.8 Å². The normalized spacial score (nSPS) is 13.7. The van der Waals surface area contributed by atoms with Gasteiger partial charge in [-0.3, -0.25) is 0 Å². The lowest BCUT2D eigenvalue weighted by Crippen LogP contribution is -2.25. The number of hydrogen-bond donors (Lipinski definition) is 2. The average molecular weight is 298 g/mol. The first-order valence-electron chi connectivity index (χ1n) is 7.21. The van der Waals surface area contributed by atoms with E-state index >= 15 is 0 Å². The van der Waals surface area contributed by atoms with Crippen molar-refractivity contribution in [2.45, 2.75) is 44.6 Å². The molecule has 2 N–H and O–H groups in total. The van der Waals surface area contributed by atoms with Crippen LogP contribution in [0.2, 0.25) is 0 Å². The largest absolute Gasteiger partial charge is 0.310 e. The fraction of sp³-hybridized carbons (Fsp3) is 0.600. The molecule has 1 unspecified atom stereocenters. The highest BCUT2D eigenvalue weighted by atomic mass is 32.2. The van der Waals surface area contributed by atoms with Crippen molar-refractivity contribution >= 4 is 10.0 Å². The third kappa shape index (κ3) is 4.58. The van der Waals surface area contributed by atoms with Crippen molar-refractivity contribution < 1.29 is 8.42 Å². The van der Waals surface area contributed by atoms with Crippen molar-refractivity contribution in [2.24, 2.45) is 5.92 Å². The molecule has 0 aromatic heterocycles. The first kappa shape index (κ1) is 17.1. The Balaban J connectivity index is 2.79. The Morgan fingerprint density at radius 1 is 1.20 bits per heavy atom. The molecule has 0 aliphatic heterocycles. The number of hydrogen-bond acceptors (Lipinski definition) is 3. The van der Waals surface area contributed by atoms with E-state index in [2.05, 4.69) is 30.8 Å². The van der Waals surface area contributed by atoms with Gasteiger partial charge in [0.15, 0.2) is 0 Å². The van der Waals surface area contributed by atoms with E-state index in [0.29, 0.717) is 10.8 Å². The lowest BCUT2D eigenvalue weighted by molar-refractivity contribution is 0.422. The summed E-state index contributed by atoms with van der Waals surface area (Å²) in [4.78, 5) is 0.314. The molecule has 114 valence electrons. The van der Waals surface area contributed by atoms with E-state index in [1.165, 1.54) is 7.05 Å². The minimum Gasteiger partial charge on any atom is -0.310 e. The van der Waals surface area contributed by atoms with E-state index in [0.717, 1.165) is 24.9 Å². The van der Waals surface area contributed by atoms with Crippen LogP contribution in [0, 0.1) is 5.92 Å². The van der Waals surface area contributed by atoms with Gasteiger partial charge in [-0.1, -0.05) is 38.8 Å². The molecule has 0 saturated carbocycles. The first-order valence-corrected chi connectivity index (χ1v) is 8.69. The second-order valence-corrected chi connectivity index (χ2v) is 6.98. The standard InChI is InChI=1S/C15H26N2O2S/c1-5-13(6-2)11-17-12(3)14-8-7-9-15(10-14)20(18,19)16-4/h7-10,12-13,16-17H,5-6,11H2,1-4H3. The van der Waals surface area contributed by atoms with Crippen molar-refractivity contribution in [3.8, 4) is 0 Å². The third-order valence-corrected chi connectivity index (χ3v) is 5.22. The molecule has 4 nitrogen and oxygen atoms in total. The van der Waals surface area contributed by atoms with Crippen LogP contribution >= 0.6 is 0 Å². The Kier molecular flexibility index (Phi) is 6.65. The highest BCUT2D eigenvalue weighted by Crippen LogP contribution is 2.18. The Morgan fingerprint density at radius 3 is 2.40 bits per heavy atom. The van der Waals surface area contributed by atoms with Gasteiger partial charge in [0, 0.05) is 6.04 Å². The SMILES string of the molecule is CCC(CC)CNC(C)c1cccc(S(=O)(=O)NC)c1. The van der Waals surface area contributed by atoms with E-state index in [9.17, 15) is 8.42 Å².